The molecule has 64 heavy (non-hydrogen) atoms. The first-order valence-corrected chi connectivity index (χ1v) is 26.9. The Hall–Kier alpha value is -4.46. The van der Waals surface area contributed by atoms with Crippen LogP contribution in [-0.4, -0.2) is 9.51 Å². The maximum Gasteiger partial charge on any atom is 0.131 e. The molecule has 0 saturated heterocycles. The fraction of sp³-hybridized carbons (Fsp3) is 0.417. The van der Waals surface area contributed by atoms with E-state index >= 15 is 0 Å². The van der Waals surface area contributed by atoms with Gasteiger partial charge in [0.05, 0.1) is 0 Å². The minimum absolute atomic E-state index is 0.304. The van der Waals surface area contributed by atoms with E-state index in [4.69, 9.17) is 3.50 Å². The summed E-state index contributed by atoms with van der Waals surface area (Å²) in [5, 5.41) is 12.4. The Labute approximate surface area is 395 Å². The first kappa shape index (κ1) is 49.0. The van der Waals surface area contributed by atoms with E-state index in [1.807, 2.05) is 12.1 Å². The van der Waals surface area contributed by atoms with E-state index in [1.165, 1.54) is 126 Å². The maximum absolute atomic E-state index is 12.4. The normalized spacial score (nSPS) is 13.3. The van der Waals surface area contributed by atoms with Crippen LogP contribution >= 0.6 is 0 Å². The van der Waals surface area contributed by atoms with Crippen LogP contribution in [0.3, 0.4) is 0 Å². The summed E-state index contributed by atoms with van der Waals surface area (Å²) in [6.07, 6.45) is 12.7. The van der Waals surface area contributed by atoms with Crippen LogP contribution in [0.5, 0.6) is 5.75 Å². The number of hydrogen-bond donors (Lipinski definition) is 1. The summed E-state index contributed by atoms with van der Waals surface area (Å²) in [7, 11) is 0. The largest absolute Gasteiger partial charge is 0.670 e. The van der Waals surface area contributed by atoms with E-state index in [2.05, 4.69) is 161 Å². The molecule has 8 rings (SSSR count). The van der Waals surface area contributed by atoms with Gasteiger partial charge in [0.2, 0.25) is 0 Å². The zero-order chi connectivity index (χ0) is 46.5. The van der Waals surface area contributed by atoms with Gasteiger partial charge in [-0.05, 0) is 178 Å². The number of phenols is 1. The van der Waals surface area contributed by atoms with Gasteiger partial charge in [-0.3, -0.25) is 0 Å². The van der Waals surface area contributed by atoms with Crippen LogP contribution < -0.4 is 4.98 Å². The van der Waals surface area contributed by atoms with Crippen molar-refractivity contribution in [3.8, 4) is 39.1 Å². The van der Waals surface area contributed by atoms with Gasteiger partial charge in [0, 0.05) is 11.1 Å². The number of benzene rings is 5. The van der Waals surface area contributed by atoms with E-state index < -0.39 is 17.9 Å². The van der Waals surface area contributed by atoms with E-state index in [-0.39, 0.29) is 0 Å². The molecule has 0 amide bonds. The fourth-order valence-electron chi connectivity index (χ4n) is 10.3. The number of fused-ring (bicyclic) bond motifs is 2. The molecule has 1 N–H and O–H groups in total. The van der Waals surface area contributed by atoms with Gasteiger partial charge >= 0.3 is 127 Å². The van der Waals surface area contributed by atoms with Gasteiger partial charge in [-0.1, -0.05) is 53.6 Å². The number of nitrogens with zero attached hydrogens (tertiary/aromatic N) is 2. The second-order valence-electron chi connectivity index (χ2n) is 20.4. The van der Waals surface area contributed by atoms with Gasteiger partial charge in [0.15, 0.2) is 0 Å². The molecule has 1 aromatic heterocycles. The van der Waals surface area contributed by atoms with E-state index in [1.54, 1.807) is 12.4 Å². The minimum atomic E-state index is -0.757. The molecule has 0 saturated carbocycles. The molecule has 0 atom stereocenters. The number of phenolic OH excluding ortho intramolecular Hbond substituents is 1. The topological polar surface area (TPSA) is 46.7 Å². The SMILES string of the molecule is CC(C)c1cccc(C(C)C)c1[N]=[W]=[CH]C(C)(C)C.Cc1cc(C)c(-c2cc3c(c(-c4c(O)c(-c5c(C)cc(C)cc5C)cc5c4CCCC5)c2C)CCCC3)c(C)c1.c1cc[n-]c1. The zero-order valence-corrected chi connectivity index (χ0v) is 44.6. The standard InChI is InChI=1S/C39H44O.C12H17N.C5H10.C4H4N.W/c1-22-16-24(3)35(25(4)17-22)33-20-29-12-8-10-14-31(29)37(28(33)7)38-32-15-11-9-13-30(32)21-34(39(38)40)36-26(5)18-23(2)19-27(36)6;1-8(2)10-6-5-7-11(9(3)4)12(10)13;1-5(2,3)4;1-2-4-5-3-1;/h16-21,40H,8-15H2,1-7H3;5-9H,1-4H3;1H,2-4H3;1-4H;/q;;;-1;. The van der Waals surface area contributed by atoms with Crippen molar-refractivity contribution < 1.29 is 23.0 Å². The Morgan fingerprint density at radius 3 is 1.45 bits per heavy atom. The van der Waals surface area contributed by atoms with E-state index in [9.17, 15) is 5.11 Å². The van der Waals surface area contributed by atoms with Crippen molar-refractivity contribution in [1.82, 2.24) is 4.98 Å². The van der Waals surface area contributed by atoms with E-state index in [0.717, 1.165) is 36.8 Å². The molecule has 0 radical (unpaired) electrons. The summed E-state index contributed by atoms with van der Waals surface area (Å²) in [5.41, 5.74) is 26.7. The van der Waals surface area contributed by atoms with Crippen LogP contribution in [-0.2, 0) is 43.6 Å². The summed E-state index contributed by atoms with van der Waals surface area (Å²) >= 11 is -0.757. The van der Waals surface area contributed by atoms with Gasteiger partial charge < -0.3 is 10.1 Å². The average molecular weight is 1020 g/mol. The van der Waals surface area contributed by atoms with Crippen molar-refractivity contribution >= 4 is 10.1 Å². The summed E-state index contributed by atoms with van der Waals surface area (Å²) in [6.45, 7) is 31.4. The molecular formula is C60H75N2OW-. The van der Waals surface area contributed by atoms with Gasteiger partial charge in [-0.25, -0.2) is 0 Å². The van der Waals surface area contributed by atoms with Crippen molar-refractivity contribution in [2.24, 2.45) is 8.91 Å². The monoisotopic (exact) mass is 1020 g/mol. The molecule has 338 valence electrons. The minimum Gasteiger partial charge on any atom is -0.670 e. The average Bonchev–Trinajstić information content (AvgIpc) is 3.82. The predicted molar refractivity (Wildman–Crippen MR) is 273 cm³/mol. The molecule has 2 aliphatic rings. The number of aryl methyl sites for hydroxylation is 8. The Balaban J connectivity index is 0.000000235. The molecule has 6 aromatic rings. The van der Waals surface area contributed by atoms with Crippen molar-refractivity contribution in [3.05, 3.63) is 151 Å². The van der Waals surface area contributed by atoms with Gasteiger partial charge in [0.25, 0.3) is 0 Å². The Morgan fingerprint density at radius 1 is 0.578 bits per heavy atom. The molecule has 1 heterocycles. The predicted octanol–water partition coefficient (Wildman–Crippen LogP) is 16.6. The van der Waals surface area contributed by atoms with Crippen LogP contribution in [0.2, 0.25) is 0 Å². The first-order valence-electron chi connectivity index (χ1n) is 23.9. The Bertz CT molecular complexity index is 2450. The maximum atomic E-state index is 12.4. The second-order valence-corrected chi connectivity index (χ2v) is 22.7. The summed E-state index contributed by atoms with van der Waals surface area (Å²) in [6, 6.07) is 24.4. The van der Waals surface area contributed by atoms with E-state index in [0.29, 0.717) is 23.0 Å². The second kappa shape index (κ2) is 21.2. The summed E-state index contributed by atoms with van der Waals surface area (Å²) < 4.78 is 7.50. The zero-order valence-electron chi connectivity index (χ0n) is 41.6. The molecule has 5 aromatic carbocycles. The van der Waals surface area contributed by atoms with Crippen molar-refractivity contribution in [1.29, 1.82) is 0 Å². The molecule has 4 heteroatoms. The molecule has 0 aliphatic heterocycles. The first-order chi connectivity index (χ1) is 30.4. The van der Waals surface area contributed by atoms with Crippen LogP contribution in [0, 0.1) is 53.9 Å². The van der Waals surface area contributed by atoms with Gasteiger partial charge in [0.1, 0.15) is 5.75 Å². The summed E-state index contributed by atoms with van der Waals surface area (Å²) in [4.78, 5) is 3.72. The molecule has 3 nitrogen and oxygen atoms in total. The quantitative estimate of drug-likeness (QED) is 0.181. The number of hydrogen-bond acceptors (Lipinski definition) is 2. The van der Waals surface area contributed by atoms with Crippen LogP contribution in [0.4, 0.5) is 5.69 Å². The summed E-state index contributed by atoms with van der Waals surface area (Å²) in [5.74, 6) is 1.58. The van der Waals surface area contributed by atoms with Crippen molar-refractivity contribution in [2.45, 2.75) is 160 Å². The van der Waals surface area contributed by atoms with Crippen molar-refractivity contribution in [3.63, 3.8) is 0 Å². The molecule has 0 unspecified atom stereocenters. The molecule has 2 aliphatic carbocycles. The van der Waals surface area contributed by atoms with Gasteiger partial charge in [-0.2, -0.15) is 12.4 Å². The third kappa shape index (κ3) is 11.3. The number of rotatable bonds is 6. The van der Waals surface area contributed by atoms with Crippen LogP contribution in [0.1, 0.15) is 158 Å². The molecule has 0 spiro atoms. The third-order valence-corrected chi connectivity index (χ3v) is 17.0. The number of aromatic nitrogens is 1. The van der Waals surface area contributed by atoms with Crippen LogP contribution in [0.15, 0.2) is 82.6 Å². The Kier molecular flexibility index (Phi) is 16.3. The van der Waals surface area contributed by atoms with Crippen LogP contribution in [0.25, 0.3) is 33.4 Å². The number of aromatic hydroxyl groups is 1. The van der Waals surface area contributed by atoms with Gasteiger partial charge in [-0.15, -0.1) is 0 Å². The molecule has 0 fully saturated rings. The fourth-order valence-corrected chi connectivity index (χ4v) is 12.7. The Morgan fingerprint density at radius 2 is 1.02 bits per heavy atom. The smallest absolute Gasteiger partial charge is 0.131 e. The van der Waals surface area contributed by atoms with Crippen molar-refractivity contribution in [2.75, 3.05) is 0 Å². The molecule has 0 bridgehead atoms. The molecular weight excluding hydrogens is 949 g/mol. The third-order valence-electron chi connectivity index (χ3n) is 13.0.